The summed E-state index contributed by atoms with van der Waals surface area (Å²) in [7, 11) is 1.98. The molecule has 3 rings (SSSR count). The molecule has 0 aliphatic carbocycles. The maximum absolute atomic E-state index is 4.38. The average Bonchev–Trinajstić information content (AvgIpc) is 2.89. The Hall–Kier alpha value is -2.13. The summed E-state index contributed by atoms with van der Waals surface area (Å²) >= 11 is 0. The first-order valence-corrected chi connectivity index (χ1v) is 6.99. The molecule has 3 aromatic rings. The number of aryl methyl sites for hydroxylation is 2. The quantitative estimate of drug-likeness (QED) is 0.768. The van der Waals surface area contributed by atoms with Crippen molar-refractivity contribution in [2.45, 2.75) is 19.5 Å². The molecule has 0 atom stereocenters. The third-order valence-corrected chi connectivity index (χ3v) is 3.55. The van der Waals surface area contributed by atoms with Crippen LogP contribution in [0.3, 0.4) is 0 Å². The van der Waals surface area contributed by atoms with Gasteiger partial charge in [0.25, 0.3) is 0 Å². The van der Waals surface area contributed by atoms with Crippen LogP contribution >= 0.6 is 0 Å². The van der Waals surface area contributed by atoms with Crippen LogP contribution in [-0.2, 0) is 19.5 Å². The van der Waals surface area contributed by atoms with Crippen LogP contribution < -0.4 is 5.32 Å². The Morgan fingerprint density at radius 2 is 2.10 bits per heavy atom. The summed E-state index contributed by atoms with van der Waals surface area (Å²) in [6.45, 7) is 1.87. The molecule has 102 valence electrons. The summed E-state index contributed by atoms with van der Waals surface area (Å²) in [6, 6.07) is 14.9. The zero-order valence-corrected chi connectivity index (χ0v) is 11.7. The Morgan fingerprint density at radius 1 is 1.15 bits per heavy atom. The topological polar surface area (TPSA) is 29.9 Å². The summed E-state index contributed by atoms with van der Waals surface area (Å²) in [4.78, 5) is 4.38. The lowest BCUT2D eigenvalue weighted by molar-refractivity contribution is 0.709. The van der Waals surface area contributed by atoms with E-state index in [0.717, 1.165) is 25.2 Å². The minimum absolute atomic E-state index is 0.904. The molecule has 0 fully saturated rings. The highest BCUT2D eigenvalue weighted by molar-refractivity contribution is 5.80. The predicted molar refractivity (Wildman–Crippen MR) is 82.6 cm³/mol. The maximum Gasteiger partial charge on any atom is 0.0483 e. The van der Waals surface area contributed by atoms with Gasteiger partial charge in [0.15, 0.2) is 0 Å². The molecule has 2 heterocycles. The van der Waals surface area contributed by atoms with Crippen molar-refractivity contribution in [1.82, 2.24) is 14.9 Å². The van der Waals surface area contributed by atoms with Gasteiger partial charge in [-0.1, -0.05) is 18.2 Å². The first-order valence-electron chi connectivity index (χ1n) is 6.99. The summed E-state index contributed by atoms with van der Waals surface area (Å²) in [5, 5.41) is 4.50. The minimum atomic E-state index is 0.904. The molecule has 2 aromatic heterocycles. The molecule has 20 heavy (non-hydrogen) atoms. The van der Waals surface area contributed by atoms with Crippen LogP contribution in [0.15, 0.2) is 54.9 Å². The first-order chi connectivity index (χ1) is 9.86. The molecule has 0 bridgehead atoms. The third kappa shape index (κ3) is 2.73. The van der Waals surface area contributed by atoms with Crippen molar-refractivity contribution < 1.29 is 0 Å². The average molecular weight is 265 g/mol. The van der Waals surface area contributed by atoms with Crippen LogP contribution in [0.5, 0.6) is 0 Å². The van der Waals surface area contributed by atoms with E-state index in [-0.39, 0.29) is 0 Å². The highest BCUT2D eigenvalue weighted by Gasteiger charge is 2.03. The second-order valence-corrected chi connectivity index (χ2v) is 5.00. The molecule has 0 unspecified atom stereocenters. The standard InChI is InChI=1S/C17H19N3/c1-18-13-14-5-6-15-7-10-20(17(15)12-14)11-8-16-4-2-3-9-19-16/h2-7,9-10,12,18H,8,11,13H2,1H3. The van der Waals surface area contributed by atoms with Crippen molar-refractivity contribution in [3.8, 4) is 0 Å². The summed E-state index contributed by atoms with van der Waals surface area (Å²) < 4.78 is 2.31. The number of nitrogens with zero attached hydrogens (tertiary/aromatic N) is 2. The fraction of sp³-hybridized carbons (Fsp3) is 0.235. The van der Waals surface area contributed by atoms with Crippen molar-refractivity contribution in [2.24, 2.45) is 0 Å². The molecular weight excluding hydrogens is 246 g/mol. The van der Waals surface area contributed by atoms with E-state index in [1.54, 1.807) is 0 Å². The molecule has 0 aliphatic heterocycles. The van der Waals surface area contributed by atoms with Crippen molar-refractivity contribution in [3.05, 3.63) is 66.1 Å². The van der Waals surface area contributed by atoms with Crippen LogP contribution in [0.25, 0.3) is 10.9 Å². The maximum atomic E-state index is 4.38. The summed E-state index contributed by atoms with van der Waals surface area (Å²) in [5.74, 6) is 0. The molecule has 0 aliphatic rings. The van der Waals surface area contributed by atoms with Gasteiger partial charge < -0.3 is 9.88 Å². The molecule has 1 aromatic carbocycles. The van der Waals surface area contributed by atoms with Gasteiger partial charge in [-0.2, -0.15) is 0 Å². The van der Waals surface area contributed by atoms with E-state index in [4.69, 9.17) is 0 Å². The molecule has 0 radical (unpaired) electrons. The largest absolute Gasteiger partial charge is 0.347 e. The third-order valence-electron chi connectivity index (χ3n) is 3.55. The Balaban J connectivity index is 1.82. The van der Waals surface area contributed by atoms with Crippen molar-refractivity contribution >= 4 is 10.9 Å². The van der Waals surface area contributed by atoms with Gasteiger partial charge in [0.2, 0.25) is 0 Å². The molecule has 0 spiro atoms. The second-order valence-electron chi connectivity index (χ2n) is 5.00. The Kier molecular flexibility index (Phi) is 3.79. The lowest BCUT2D eigenvalue weighted by Crippen LogP contribution is -2.05. The highest BCUT2D eigenvalue weighted by Crippen LogP contribution is 2.18. The smallest absolute Gasteiger partial charge is 0.0483 e. The van der Waals surface area contributed by atoms with E-state index in [1.807, 2.05) is 25.4 Å². The van der Waals surface area contributed by atoms with Crippen molar-refractivity contribution in [1.29, 1.82) is 0 Å². The molecule has 3 heteroatoms. The van der Waals surface area contributed by atoms with Gasteiger partial charge in [-0.25, -0.2) is 0 Å². The van der Waals surface area contributed by atoms with Gasteiger partial charge in [0.1, 0.15) is 0 Å². The molecule has 1 N–H and O–H groups in total. The van der Waals surface area contributed by atoms with Gasteiger partial charge in [0, 0.05) is 43.1 Å². The van der Waals surface area contributed by atoms with E-state index < -0.39 is 0 Å². The number of hydrogen-bond acceptors (Lipinski definition) is 2. The lowest BCUT2D eigenvalue weighted by atomic mass is 10.1. The number of rotatable bonds is 5. The number of aromatic nitrogens is 2. The van der Waals surface area contributed by atoms with Gasteiger partial charge in [-0.3, -0.25) is 4.98 Å². The van der Waals surface area contributed by atoms with E-state index in [0.29, 0.717) is 0 Å². The number of pyridine rings is 1. The zero-order chi connectivity index (χ0) is 13.8. The number of nitrogens with one attached hydrogen (secondary N) is 1. The predicted octanol–water partition coefficient (Wildman–Crippen LogP) is 3.00. The number of fused-ring (bicyclic) bond motifs is 1. The molecule has 0 amide bonds. The zero-order valence-electron chi connectivity index (χ0n) is 11.7. The monoisotopic (exact) mass is 265 g/mol. The van der Waals surface area contributed by atoms with Crippen LogP contribution in [-0.4, -0.2) is 16.6 Å². The Labute approximate surface area is 119 Å². The Bertz CT molecular complexity index is 686. The van der Waals surface area contributed by atoms with Crippen molar-refractivity contribution in [3.63, 3.8) is 0 Å². The van der Waals surface area contributed by atoms with E-state index >= 15 is 0 Å². The molecule has 3 nitrogen and oxygen atoms in total. The van der Waals surface area contributed by atoms with Crippen molar-refractivity contribution in [2.75, 3.05) is 7.05 Å². The van der Waals surface area contributed by atoms with E-state index in [1.165, 1.54) is 16.5 Å². The van der Waals surface area contributed by atoms with Crippen LogP contribution in [0, 0.1) is 0 Å². The summed E-state index contributed by atoms with van der Waals surface area (Å²) in [5.41, 5.74) is 3.76. The van der Waals surface area contributed by atoms with Crippen LogP contribution in [0.2, 0.25) is 0 Å². The van der Waals surface area contributed by atoms with Gasteiger partial charge in [0.05, 0.1) is 0 Å². The van der Waals surface area contributed by atoms with Gasteiger partial charge in [-0.15, -0.1) is 0 Å². The van der Waals surface area contributed by atoms with Gasteiger partial charge >= 0.3 is 0 Å². The lowest BCUT2D eigenvalue weighted by Gasteiger charge is -2.07. The molecular formula is C17H19N3. The summed E-state index contributed by atoms with van der Waals surface area (Å²) in [6.07, 6.45) is 4.98. The normalized spacial score (nSPS) is 11.1. The fourth-order valence-corrected chi connectivity index (χ4v) is 2.52. The fourth-order valence-electron chi connectivity index (χ4n) is 2.52. The minimum Gasteiger partial charge on any atom is -0.347 e. The number of hydrogen-bond donors (Lipinski definition) is 1. The van der Waals surface area contributed by atoms with E-state index in [9.17, 15) is 0 Å². The highest BCUT2D eigenvalue weighted by atomic mass is 15.0. The first kappa shape index (κ1) is 12.9. The molecule has 0 saturated carbocycles. The second kappa shape index (κ2) is 5.88. The SMILES string of the molecule is CNCc1ccc2ccn(CCc3ccccn3)c2c1. The Morgan fingerprint density at radius 3 is 2.90 bits per heavy atom. The van der Waals surface area contributed by atoms with Gasteiger partial charge in [-0.05, 0) is 42.3 Å². The number of benzene rings is 1. The molecule has 0 saturated heterocycles. The van der Waals surface area contributed by atoms with E-state index in [2.05, 4.69) is 51.4 Å². The van der Waals surface area contributed by atoms with Crippen LogP contribution in [0.1, 0.15) is 11.3 Å². The van der Waals surface area contributed by atoms with Crippen LogP contribution in [0.4, 0.5) is 0 Å².